The number of furan rings is 1. The molecule has 2 unspecified atom stereocenters. The van der Waals surface area contributed by atoms with E-state index in [9.17, 15) is 23.5 Å². The maximum Gasteiger partial charge on any atom is 0.325 e. The van der Waals surface area contributed by atoms with Crippen LogP contribution in [0.15, 0.2) is 41.0 Å². The Kier molecular flexibility index (Phi) is 3.84. The molecule has 1 aromatic carbocycles. The molecule has 2 N–H and O–H groups in total. The van der Waals surface area contributed by atoms with Gasteiger partial charge in [0.05, 0.1) is 18.9 Å². The molecule has 1 aliphatic heterocycles. The zero-order valence-corrected chi connectivity index (χ0v) is 12.6. The van der Waals surface area contributed by atoms with Gasteiger partial charge >= 0.3 is 6.03 Å². The number of urea groups is 1. The lowest BCUT2D eigenvalue weighted by atomic mass is 9.99. The lowest BCUT2D eigenvalue weighted by molar-refractivity contribution is -0.132. The monoisotopic (exact) mass is 336 g/mol. The minimum atomic E-state index is -1.38. The van der Waals surface area contributed by atoms with Crippen molar-refractivity contribution in [2.45, 2.75) is 18.6 Å². The highest BCUT2D eigenvalue weighted by Gasteiger charge is 2.51. The van der Waals surface area contributed by atoms with Crippen molar-refractivity contribution in [2.24, 2.45) is 0 Å². The predicted octanol–water partition coefficient (Wildman–Crippen LogP) is 2.06. The molecular weight excluding hydrogens is 322 g/mol. The van der Waals surface area contributed by atoms with Crippen molar-refractivity contribution in [1.82, 2.24) is 10.2 Å². The van der Waals surface area contributed by atoms with Crippen molar-refractivity contribution in [3.8, 4) is 0 Å². The molecule has 1 aliphatic rings. The van der Waals surface area contributed by atoms with Crippen molar-refractivity contribution in [3.63, 3.8) is 0 Å². The minimum Gasteiger partial charge on any atom is -0.466 e. The zero-order chi connectivity index (χ0) is 17.5. The van der Waals surface area contributed by atoms with E-state index in [4.69, 9.17) is 4.42 Å². The van der Waals surface area contributed by atoms with Crippen molar-refractivity contribution in [3.05, 3.63) is 59.6 Å². The third-order valence-electron chi connectivity index (χ3n) is 3.97. The van der Waals surface area contributed by atoms with E-state index in [-0.39, 0.29) is 11.3 Å². The molecule has 3 rings (SSSR count). The quantitative estimate of drug-likeness (QED) is 0.837. The molecule has 2 aromatic rings. The number of aliphatic hydroxyl groups excluding tert-OH is 1. The van der Waals surface area contributed by atoms with Gasteiger partial charge in [-0.15, -0.1) is 0 Å². The van der Waals surface area contributed by atoms with E-state index in [0.717, 1.165) is 17.0 Å². The Morgan fingerprint density at radius 2 is 2.04 bits per heavy atom. The molecule has 2 heterocycles. The van der Waals surface area contributed by atoms with Crippen LogP contribution in [0.4, 0.5) is 13.6 Å². The lowest BCUT2D eigenvalue weighted by Gasteiger charge is -2.21. The standard InChI is InChI=1S/C16H14F2N2O4/c1-16(13-3-2-6-24-13)14(22)20(15(23)19-16)8-12(21)9-4-5-10(17)11(18)7-9/h2-7,12,21H,8H2,1H3,(H,19,23). The average Bonchev–Trinajstić information content (AvgIpc) is 3.14. The molecule has 0 aliphatic carbocycles. The molecule has 126 valence electrons. The number of rotatable bonds is 4. The van der Waals surface area contributed by atoms with Gasteiger partial charge in [-0.25, -0.2) is 13.6 Å². The fraction of sp³-hybridized carbons (Fsp3) is 0.250. The number of nitrogens with one attached hydrogen (secondary N) is 1. The summed E-state index contributed by atoms with van der Waals surface area (Å²) in [6.07, 6.45) is 0.0208. The van der Waals surface area contributed by atoms with Gasteiger partial charge in [-0.3, -0.25) is 9.69 Å². The smallest absolute Gasteiger partial charge is 0.325 e. The number of aliphatic hydroxyl groups is 1. The van der Waals surface area contributed by atoms with Crippen LogP contribution >= 0.6 is 0 Å². The number of carbonyl (C=O) groups excluding carboxylic acids is 2. The van der Waals surface area contributed by atoms with Crippen LogP contribution in [0.1, 0.15) is 24.4 Å². The first-order chi connectivity index (χ1) is 11.3. The SMILES string of the molecule is CC1(c2ccco2)NC(=O)N(CC(O)c2ccc(F)c(F)c2)C1=O. The van der Waals surface area contributed by atoms with Crippen LogP contribution in [0.2, 0.25) is 0 Å². The fourth-order valence-electron chi connectivity index (χ4n) is 2.59. The van der Waals surface area contributed by atoms with Crippen molar-refractivity contribution in [1.29, 1.82) is 0 Å². The highest BCUT2D eigenvalue weighted by atomic mass is 19.2. The van der Waals surface area contributed by atoms with Gasteiger partial charge in [0.1, 0.15) is 5.76 Å². The number of hydrogen-bond donors (Lipinski definition) is 2. The lowest BCUT2D eigenvalue weighted by Crippen LogP contribution is -2.41. The molecule has 2 atom stereocenters. The Labute approximate surface area is 135 Å². The molecule has 8 heteroatoms. The van der Waals surface area contributed by atoms with Gasteiger partial charge in [0.2, 0.25) is 0 Å². The number of halogens is 2. The molecule has 1 aromatic heterocycles. The maximum absolute atomic E-state index is 13.3. The molecule has 24 heavy (non-hydrogen) atoms. The molecular formula is C16H14F2N2O4. The van der Waals surface area contributed by atoms with Gasteiger partial charge in [-0.1, -0.05) is 6.07 Å². The number of nitrogens with zero attached hydrogens (tertiary/aromatic N) is 1. The van der Waals surface area contributed by atoms with Crippen LogP contribution in [0.25, 0.3) is 0 Å². The van der Waals surface area contributed by atoms with E-state index < -0.39 is 41.8 Å². The van der Waals surface area contributed by atoms with Crippen LogP contribution in [0, 0.1) is 11.6 Å². The van der Waals surface area contributed by atoms with Crippen LogP contribution < -0.4 is 5.32 Å². The summed E-state index contributed by atoms with van der Waals surface area (Å²) >= 11 is 0. The zero-order valence-electron chi connectivity index (χ0n) is 12.6. The van der Waals surface area contributed by atoms with Gasteiger partial charge < -0.3 is 14.8 Å². The molecule has 0 radical (unpaired) electrons. The normalized spacial score (nSPS) is 21.9. The number of hydrogen-bond acceptors (Lipinski definition) is 4. The summed E-state index contributed by atoms with van der Waals surface area (Å²) in [6, 6.07) is 5.30. The molecule has 3 amide bonds. The van der Waals surface area contributed by atoms with Gasteiger partial charge in [0.15, 0.2) is 17.2 Å². The van der Waals surface area contributed by atoms with E-state index >= 15 is 0 Å². The van der Waals surface area contributed by atoms with Crippen LogP contribution in [0.3, 0.4) is 0 Å². The van der Waals surface area contributed by atoms with Crippen LogP contribution in [-0.2, 0) is 10.3 Å². The van der Waals surface area contributed by atoms with Crippen LogP contribution in [-0.4, -0.2) is 28.5 Å². The van der Waals surface area contributed by atoms with Gasteiger partial charge in [-0.05, 0) is 36.8 Å². The number of benzene rings is 1. The van der Waals surface area contributed by atoms with Crippen molar-refractivity contribution in [2.75, 3.05) is 6.54 Å². The van der Waals surface area contributed by atoms with Crippen molar-refractivity contribution >= 4 is 11.9 Å². The summed E-state index contributed by atoms with van der Waals surface area (Å²) in [6.45, 7) is 1.09. The minimum absolute atomic E-state index is 0.0566. The Morgan fingerprint density at radius 1 is 1.29 bits per heavy atom. The first-order valence-corrected chi connectivity index (χ1v) is 7.14. The average molecular weight is 336 g/mol. The summed E-state index contributed by atoms with van der Waals surface area (Å²) in [5, 5.41) is 12.7. The summed E-state index contributed by atoms with van der Waals surface area (Å²) in [5.74, 6) is -2.52. The number of amides is 3. The van der Waals surface area contributed by atoms with Gasteiger partial charge in [0.25, 0.3) is 5.91 Å². The summed E-state index contributed by atoms with van der Waals surface area (Å²) < 4.78 is 31.4. The second-order valence-electron chi connectivity index (χ2n) is 5.64. The Bertz CT molecular complexity index is 793. The van der Waals surface area contributed by atoms with Crippen molar-refractivity contribution < 1.29 is 27.9 Å². The van der Waals surface area contributed by atoms with E-state index in [2.05, 4.69) is 5.32 Å². The third-order valence-corrected chi connectivity index (χ3v) is 3.97. The molecule has 1 saturated heterocycles. The van der Waals surface area contributed by atoms with E-state index in [1.54, 1.807) is 12.1 Å². The van der Waals surface area contributed by atoms with E-state index in [1.807, 2.05) is 0 Å². The summed E-state index contributed by atoms with van der Waals surface area (Å²) in [5.41, 5.74) is -1.32. The summed E-state index contributed by atoms with van der Waals surface area (Å²) in [4.78, 5) is 25.5. The molecule has 6 nitrogen and oxygen atoms in total. The Hall–Kier alpha value is -2.74. The van der Waals surface area contributed by atoms with Gasteiger partial charge in [-0.2, -0.15) is 0 Å². The second kappa shape index (κ2) is 5.72. The molecule has 1 fully saturated rings. The van der Waals surface area contributed by atoms with Crippen LogP contribution in [0.5, 0.6) is 0 Å². The second-order valence-corrected chi connectivity index (χ2v) is 5.64. The number of imide groups is 1. The fourth-order valence-corrected chi connectivity index (χ4v) is 2.59. The first kappa shape index (κ1) is 16.1. The number of β-amino-alcohol motifs (C(OH)–C–C–N with tert-alkyl or cyclic N) is 1. The molecule has 0 spiro atoms. The Morgan fingerprint density at radius 3 is 2.67 bits per heavy atom. The first-order valence-electron chi connectivity index (χ1n) is 7.14. The largest absolute Gasteiger partial charge is 0.466 e. The molecule has 0 saturated carbocycles. The highest BCUT2D eigenvalue weighted by molar-refractivity contribution is 6.06. The number of carbonyl (C=O) groups is 2. The Balaban J connectivity index is 1.81. The summed E-state index contributed by atoms with van der Waals surface area (Å²) in [7, 11) is 0. The predicted molar refractivity (Wildman–Crippen MR) is 77.6 cm³/mol. The van der Waals surface area contributed by atoms with Gasteiger partial charge in [0, 0.05) is 0 Å². The van der Waals surface area contributed by atoms with E-state index in [1.165, 1.54) is 19.3 Å². The highest BCUT2D eigenvalue weighted by Crippen LogP contribution is 2.30. The topological polar surface area (TPSA) is 82.8 Å². The maximum atomic E-state index is 13.3. The van der Waals surface area contributed by atoms with E-state index in [0.29, 0.717) is 0 Å². The molecule has 0 bridgehead atoms. The third kappa shape index (κ3) is 2.54.